The van der Waals surface area contributed by atoms with Crippen LogP contribution in [-0.4, -0.2) is 0 Å². The van der Waals surface area contributed by atoms with Gasteiger partial charge in [-0.15, -0.1) is 0 Å². The summed E-state index contributed by atoms with van der Waals surface area (Å²) in [4.78, 5) is 2.34. The van der Waals surface area contributed by atoms with Crippen molar-refractivity contribution in [2.24, 2.45) is 0 Å². The van der Waals surface area contributed by atoms with Gasteiger partial charge in [-0.2, -0.15) is 0 Å². The molecule has 0 N–H and O–H groups in total. The average molecular weight is 590 g/mol. The molecular formula is C44H31NO. The van der Waals surface area contributed by atoms with Gasteiger partial charge >= 0.3 is 0 Å². The first-order valence-corrected chi connectivity index (χ1v) is 15.6. The van der Waals surface area contributed by atoms with E-state index in [2.05, 4.69) is 175 Å². The first-order valence-electron chi connectivity index (χ1n) is 15.6. The van der Waals surface area contributed by atoms with Crippen LogP contribution in [0.2, 0.25) is 0 Å². The Morgan fingerprint density at radius 1 is 0.348 bits per heavy atom. The number of benzene rings is 7. The van der Waals surface area contributed by atoms with E-state index in [1.807, 2.05) is 18.2 Å². The maximum atomic E-state index is 6.16. The van der Waals surface area contributed by atoms with Crippen LogP contribution in [0.25, 0.3) is 55.7 Å². The summed E-state index contributed by atoms with van der Waals surface area (Å²) in [6, 6.07) is 66.3. The molecule has 0 bridgehead atoms. The Kier molecular flexibility index (Phi) is 7.22. The summed E-state index contributed by atoms with van der Waals surface area (Å²) < 4.78 is 6.16. The first kappa shape index (κ1) is 27.4. The maximum absolute atomic E-state index is 6.16. The number of nitrogens with zero attached hydrogens (tertiary/aromatic N) is 1. The molecule has 218 valence electrons. The van der Waals surface area contributed by atoms with E-state index >= 15 is 0 Å². The molecule has 0 radical (unpaired) electrons. The van der Waals surface area contributed by atoms with E-state index in [9.17, 15) is 0 Å². The SMILES string of the molecule is c1ccc(-c2ccc(-c3ccccc3N(c3ccccc3)c3ccc(-c4cccc(-c5cc6ccccc6o5)c4)cc3)cc2)cc1. The van der Waals surface area contributed by atoms with E-state index in [4.69, 9.17) is 4.42 Å². The zero-order valence-corrected chi connectivity index (χ0v) is 25.3. The quantitative estimate of drug-likeness (QED) is 0.184. The predicted molar refractivity (Wildman–Crippen MR) is 193 cm³/mol. The molecule has 1 aromatic heterocycles. The zero-order valence-electron chi connectivity index (χ0n) is 25.3. The lowest BCUT2D eigenvalue weighted by molar-refractivity contribution is 0.631. The summed E-state index contributed by atoms with van der Waals surface area (Å²) >= 11 is 0. The van der Waals surface area contributed by atoms with Gasteiger partial charge in [0.25, 0.3) is 0 Å². The van der Waals surface area contributed by atoms with Crippen molar-refractivity contribution in [3.8, 4) is 44.7 Å². The van der Waals surface area contributed by atoms with Gasteiger partial charge < -0.3 is 9.32 Å². The van der Waals surface area contributed by atoms with E-state index in [-0.39, 0.29) is 0 Å². The van der Waals surface area contributed by atoms with Gasteiger partial charge in [-0.1, -0.05) is 140 Å². The zero-order chi connectivity index (χ0) is 30.7. The van der Waals surface area contributed by atoms with Crippen LogP contribution in [0.3, 0.4) is 0 Å². The average Bonchev–Trinajstić information content (AvgIpc) is 3.58. The molecule has 0 aliphatic heterocycles. The molecule has 0 aliphatic rings. The minimum atomic E-state index is 0.878. The summed E-state index contributed by atoms with van der Waals surface area (Å²) in [6.07, 6.45) is 0. The number of anilines is 3. The van der Waals surface area contributed by atoms with Gasteiger partial charge in [-0.25, -0.2) is 0 Å². The third-order valence-corrected chi connectivity index (χ3v) is 8.49. The Morgan fingerprint density at radius 2 is 0.891 bits per heavy atom. The number of hydrogen-bond donors (Lipinski definition) is 0. The van der Waals surface area contributed by atoms with Crippen LogP contribution in [-0.2, 0) is 0 Å². The molecule has 7 aromatic carbocycles. The minimum absolute atomic E-state index is 0.878. The maximum Gasteiger partial charge on any atom is 0.135 e. The number of hydrogen-bond acceptors (Lipinski definition) is 2. The molecule has 0 unspecified atom stereocenters. The molecule has 0 spiro atoms. The highest BCUT2D eigenvalue weighted by atomic mass is 16.3. The smallest absolute Gasteiger partial charge is 0.135 e. The Hall–Kier alpha value is -6.12. The number of rotatable bonds is 7. The van der Waals surface area contributed by atoms with Gasteiger partial charge in [0.05, 0.1) is 5.69 Å². The van der Waals surface area contributed by atoms with Crippen molar-refractivity contribution in [3.63, 3.8) is 0 Å². The number of fused-ring (bicyclic) bond motifs is 1. The third-order valence-electron chi connectivity index (χ3n) is 8.49. The van der Waals surface area contributed by atoms with Crippen LogP contribution < -0.4 is 4.90 Å². The summed E-state index contributed by atoms with van der Waals surface area (Å²) in [5.74, 6) is 0.878. The molecule has 2 heteroatoms. The second-order valence-electron chi connectivity index (χ2n) is 11.4. The molecule has 2 nitrogen and oxygen atoms in total. The van der Waals surface area contributed by atoms with Crippen LogP contribution in [0.1, 0.15) is 0 Å². The highest BCUT2D eigenvalue weighted by Gasteiger charge is 2.17. The van der Waals surface area contributed by atoms with Gasteiger partial charge in [0.2, 0.25) is 0 Å². The van der Waals surface area contributed by atoms with Crippen molar-refractivity contribution < 1.29 is 4.42 Å². The van der Waals surface area contributed by atoms with Gasteiger partial charge in [0.1, 0.15) is 11.3 Å². The van der Waals surface area contributed by atoms with Crippen LogP contribution in [0.5, 0.6) is 0 Å². The van der Waals surface area contributed by atoms with Crippen molar-refractivity contribution in [2.45, 2.75) is 0 Å². The summed E-state index contributed by atoms with van der Waals surface area (Å²) in [5, 5.41) is 1.11. The lowest BCUT2D eigenvalue weighted by Gasteiger charge is -2.28. The molecule has 8 aromatic rings. The molecule has 0 amide bonds. The molecule has 0 fully saturated rings. The van der Waals surface area contributed by atoms with E-state index in [0.717, 1.165) is 50.5 Å². The van der Waals surface area contributed by atoms with Crippen LogP contribution in [0, 0.1) is 0 Å². The van der Waals surface area contributed by atoms with Crippen molar-refractivity contribution >= 4 is 28.0 Å². The van der Waals surface area contributed by atoms with Gasteiger partial charge in [-0.05, 0) is 76.3 Å². The fourth-order valence-electron chi connectivity index (χ4n) is 6.17. The van der Waals surface area contributed by atoms with E-state index in [0.29, 0.717) is 0 Å². The lowest BCUT2D eigenvalue weighted by Crippen LogP contribution is -2.11. The van der Waals surface area contributed by atoms with Gasteiger partial charge in [-0.3, -0.25) is 0 Å². The van der Waals surface area contributed by atoms with E-state index < -0.39 is 0 Å². The molecule has 1 heterocycles. The lowest BCUT2D eigenvalue weighted by atomic mass is 9.98. The Labute approximate surface area is 269 Å². The van der Waals surface area contributed by atoms with Crippen molar-refractivity contribution in [1.82, 2.24) is 0 Å². The Balaban J connectivity index is 1.15. The molecule has 0 saturated carbocycles. The van der Waals surface area contributed by atoms with Gasteiger partial charge in [0.15, 0.2) is 0 Å². The molecule has 0 aliphatic carbocycles. The number of para-hydroxylation sites is 3. The molecule has 0 atom stereocenters. The Morgan fingerprint density at radius 3 is 1.67 bits per heavy atom. The monoisotopic (exact) mass is 589 g/mol. The van der Waals surface area contributed by atoms with E-state index in [1.54, 1.807) is 0 Å². The minimum Gasteiger partial charge on any atom is -0.456 e. The molecule has 0 saturated heterocycles. The fourth-order valence-corrected chi connectivity index (χ4v) is 6.17. The van der Waals surface area contributed by atoms with Crippen molar-refractivity contribution in [3.05, 3.63) is 188 Å². The topological polar surface area (TPSA) is 16.4 Å². The fraction of sp³-hybridized carbons (Fsp3) is 0. The molecule has 46 heavy (non-hydrogen) atoms. The highest BCUT2D eigenvalue weighted by molar-refractivity contribution is 5.89. The molecule has 8 rings (SSSR count). The van der Waals surface area contributed by atoms with Crippen molar-refractivity contribution in [1.29, 1.82) is 0 Å². The summed E-state index contributed by atoms with van der Waals surface area (Å²) in [7, 11) is 0. The Bertz CT molecular complexity index is 2200. The van der Waals surface area contributed by atoms with Crippen molar-refractivity contribution in [2.75, 3.05) is 4.90 Å². The molecular weight excluding hydrogens is 558 g/mol. The van der Waals surface area contributed by atoms with E-state index in [1.165, 1.54) is 22.3 Å². The summed E-state index contributed by atoms with van der Waals surface area (Å²) in [6.45, 7) is 0. The standard InChI is InChI=1S/C44H31NO/c1-3-12-32(13-4-1)33-22-24-35(25-23-33)41-19-8-9-20-42(41)45(39-17-5-2-6-18-39)40-28-26-34(27-29-40)36-15-11-16-37(30-36)44-31-38-14-7-10-21-43(38)46-44/h1-31H. The van der Waals surface area contributed by atoms with Crippen LogP contribution in [0.4, 0.5) is 17.1 Å². The number of furan rings is 1. The van der Waals surface area contributed by atoms with Gasteiger partial charge in [0, 0.05) is 27.9 Å². The third kappa shape index (κ3) is 5.38. The first-order chi connectivity index (χ1) is 22.8. The second-order valence-corrected chi connectivity index (χ2v) is 11.4. The second kappa shape index (κ2) is 12.1. The van der Waals surface area contributed by atoms with Crippen LogP contribution >= 0.6 is 0 Å². The largest absolute Gasteiger partial charge is 0.456 e. The summed E-state index contributed by atoms with van der Waals surface area (Å²) in [5.41, 5.74) is 12.4. The normalized spacial score (nSPS) is 11.0. The predicted octanol–water partition coefficient (Wildman–Crippen LogP) is 12.6. The highest BCUT2D eigenvalue weighted by Crippen LogP contribution is 2.41. The van der Waals surface area contributed by atoms with Crippen LogP contribution in [0.15, 0.2) is 192 Å².